The van der Waals surface area contributed by atoms with Gasteiger partial charge in [-0.2, -0.15) is 13.2 Å². The molecule has 4 rings (SSSR count). The minimum Gasteiger partial charge on any atom is -0.385 e. The molecule has 31 heavy (non-hydrogen) atoms. The molecule has 2 heterocycles. The summed E-state index contributed by atoms with van der Waals surface area (Å²) in [6, 6.07) is 7.41. The van der Waals surface area contributed by atoms with Crippen LogP contribution < -0.4 is 5.32 Å². The van der Waals surface area contributed by atoms with Gasteiger partial charge >= 0.3 is 6.18 Å². The maximum atomic E-state index is 13.1. The van der Waals surface area contributed by atoms with Crippen LogP contribution >= 0.6 is 11.6 Å². The summed E-state index contributed by atoms with van der Waals surface area (Å²) in [5.74, 6) is -0.393. The number of anilines is 1. The summed E-state index contributed by atoms with van der Waals surface area (Å²) in [5.41, 5.74) is -1.51. The molecular weight excluding hydrogens is 433 g/mol. The van der Waals surface area contributed by atoms with Gasteiger partial charge in [-0.05, 0) is 49.9 Å². The molecule has 1 aliphatic carbocycles. The first-order valence-electron chi connectivity index (χ1n) is 9.78. The molecule has 0 bridgehead atoms. The van der Waals surface area contributed by atoms with Crippen LogP contribution in [-0.4, -0.2) is 25.5 Å². The lowest BCUT2D eigenvalue weighted by molar-refractivity contribution is -0.137. The smallest absolute Gasteiger partial charge is 0.385 e. The molecule has 10 heteroatoms. The van der Waals surface area contributed by atoms with Gasteiger partial charge in [-0.25, -0.2) is 9.97 Å². The number of nitrogens with zero attached hydrogens (tertiary/aromatic N) is 3. The molecule has 1 saturated carbocycles. The van der Waals surface area contributed by atoms with E-state index in [4.69, 9.17) is 11.6 Å². The van der Waals surface area contributed by atoms with Crippen LogP contribution in [-0.2, 0) is 16.6 Å². The van der Waals surface area contributed by atoms with Gasteiger partial charge in [0.15, 0.2) is 5.65 Å². The number of carbonyl (C=O) groups is 1. The topological polar surface area (TPSA) is 80.0 Å². The van der Waals surface area contributed by atoms with Crippen molar-refractivity contribution in [2.45, 2.75) is 50.4 Å². The van der Waals surface area contributed by atoms with Crippen LogP contribution in [0, 0.1) is 0 Å². The number of hydrogen-bond donors (Lipinski definition) is 2. The molecule has 2 N–H and O–H groups in total. The summed E-state index contributed by atoms with van der Waals surface area (Å²) in [6.45, 7) is 1.50. The average molecular weight is 453 g/mol. The van der Waals surface area contributed by atoms with Crippen LogP contribution in [0.4, 0.5) is 19.1 Å². The summed E-state index contributed by atoms with van der Waals surface area (Å²) in [4.78, 5) is 20.9. The molecular formula is C21H20ClF3N4O2. The highest BCUT2D eigenvalue weighted by Crippen LogP contribution is 2.38. The molecule has 0 spiro atoms. The molecule has 0 aliphatic heterocycles. The highest BCUT2D eigenvalue weighted by molar-refractivity contribution is 6.30. The number of pyridine rings is 1. The van der Waals surface area contributed by atoms with Gasteiger partial charge in [0, 0.05) is 17.3 Å². The SMILES string of the molecule is CC(O)(CC(=O)Nc1nc2cc(C(F)(F)F)cnc2n1C1CCC1)c1ccc(Cl)cc1. The van der Waals surface area contributed by atoms with Gasteiger partial charge in [0.2, 0.25) is 11.9 Å². The molecule has 6 nitrogen and oxygen atoms in total. The lowest BCUT2D eigenvalue weighted by Gasteiger charge is -2.29. The second-order valence-corrected chi connectivity index (χ2v) is 8.40. The monoisotopic (exact) mass is 452 g/mol. The highest BCUT2D eigenvalue weighted by atomic mass is 35.5. The molecule has 1 aliphatic rings. The predicted molar refractivity (Wildman–Crippen MR) is 110 cm³/mol. The zero-order valence-electron chi connectivity index (χ0n) is 16.6. The van der Waals surface area contributed by atoms with E-state index < -0.39 is 23.2 Å². The number of hydrogen-bond acceptors (Lipinski definition) is 4. The summed E-state index contributed by atoms with van der Waals surface area (Å²) >= 11 is 5.87. The van der Waals surface area contributed by atoms with Crippen LogP contribution in [0.5, 0.6) is 0 Å². The van der Waals surface area contributed by atoms with Crippen molar-refractivity contribution in [1.29, 1.82) is 0 Å². The number of aliphatic hydroxyl groups is 1. The third kappa shape index (κ3) is 4.38. The third-order valence-electron chi connectivity index (χ3n) is 5.52. The Morgan fingerprint density at radius 2 is 1.94 bits per heavy atom. The van der Waals surface area contributed by atoms with E-state index in [1.807, 2.05) is 0 Å². The maximum Gasteiger partial charge on any atom is 0.417 e. The molecule has 0 radical (unpaired) electrons. The van der Waals surface area contributed by atoms with E-state index in [-0.39, 0.29) is 29.6 Å². The molecule has 1 aromatic carbocycles. The Bertz CT molecular complexity index is 1120. The van der Waals surface area contributed by atoms with Gasteiger partial charge in [0.1, 0.15) is 5.52 Å². The maximum absolute atomic E-state index is 13.1. The summed E-state index contributed by atoms with van der Waals surface area (Å²) < 4.78 is 40.9. The van der Waals surface area contributed by atoms with Crippen LogP contribution in [0.3, 0.4) is 0 Å². The van der Waals surface area contributed by atoms with Gasteiger partial charge < -0.3 is 5.11 Å². The molecule has 0 saturated heterocycles. The molecule has 3 aromatic rings. The Morgan fingerprint density at radius 3 is 2.52 bits per heavy atom. The van der Waals surface area contributed by atoms with E-state index in [1.54, 1.807) is 28.8 Å². The molecule has 1 atom stereocenters. The Balaban J connectivity index is 1.62. The van der Waals surface area contributed by atoms with Crippen molar-refractivity contribution in [3.63, 3.8) is 0 Å². The molecule has 1 amide bonds. The quantitative estimate of drug-likeness (QED) is 0.566. The van der Waals surface area contributed by atoms with Gasteiger partial charge in [-0.3, -0.25) is 14.7 Å². The number of fused-ring (bicyclic) bond motifs is 1. The Hall–Kier alpha value is -2.65. The number of carbonyl (C=O) groups excluding carboxylic acids is 1. The number of benzene rings is 1. The first kappa shape index (κ1) is 21.6. The summed E-state index contributed by atoms with van der Waals surface area (Å²) in [5, 5.41) is 13.9. The average Bonchev–Trinajstić information content (AvgIpc) is 2.96. The number of amides is 1. The largest absolute Gasteiger partial charge is 0.417 e. The zero-order chi connectivity index (χ0) is 22.4. The Morgan fingerprint density at radius 1 is 1.26 bits per heavy atom. The van der Waals surface area contributed by atoms with E-state index in [0.717, 1.165) is 31.5 Å². The summed E-state index contributed by atoms with van der Waals surface area (Å²) in [6.07, 6.45) is -1.43. The molecule has 1 unspecified atom stereocenters. The standard InChI is InChI=1S/C21H20ClF3N4O2/c1-20(31,12-5-7-14(22)8-6-12)10-17(30)28-19-27-16-9-13(21(23,24)25)11-26-18(16)29(19)15-3-2-4-15/h5-9,11,15,31H,2-4,10H2,1H3,(H,27,28,30). The second kappa shape index (κ2) is 7.80. The number of rotatable bonds is 5. The van der Waals surface area contributed by atoms with Crippen molar-refractivity contribution in [2.24, 2.45) is 0 Å². The first-order valence-corrected chi connectivity index (χ1v) is 10.2. The van der Waals surface area contributed by atoms with Crippen LogP contribution in [0.15, 0.2) is 36.5 Å². The second-order valence-electron chi connectivity index (χ2n) is 7.96. The number of nitrogens with one attached hydrogen (secondary N) is 1. The van der Waals surface area contributed by atoms with E-state index in [0.29, 0.717) is 10.6 Å². The predicted octanol–water partition coefficient (Wildman–Crippen LogP) is 5.06. The number of halogens is 4. The normalized spacial score (nSPS) is 16.7. The minimum absolute atomic E-state index is 0.00121. The lowest BCUT2D eigenvalue weighted by Crippen LogP contribution is -2.30. The fourth-order valence-corrected chi connectivity index (χ4v) is 3.73. The fraction of sp³-hybridized carbons (Fsp3) is 0.381. The van der Waals surface area contributed by atoms with E-state index in [2.05, 4.69) is 15.3 Å². The first-order chi connectivity index (χ1) is 14.5. The van der Waals surface area contributed by atoms with Gasteiger partial charge in [0.25, 0.3) is 0 Å². The van der Waals surface area contributed by atoms with Crippen molar-refractivity contribution in [3.05, 3.63) is 52.7 Å². The Labute approximate surface area is 181 Å². The van der Waals surface area contributed by atoms with Crippen LogP contribution in [0.1, 0.15) is 49.8 Å². The van der Waals surface area contributed by atoms with Gasteiger partial charge in [-0.1, -0.05) is 23.7 Å². The van der Waals surface area contributed by atoms with E-state index in [9.17, 15) is 23.1 Å². The minimum atomic E-state index is -4.54. The summed E-state index contributed by atoms with van der Waals surface area (Å²) in [7, 11) is 0. The van der Waals surface area contributed by atoms with Crippen molar-refractivity contribution < 1.29 is 23.1 Å². The van der Waals surface area contributed by atoms with E-state index >= 15 is 0 Å². The van der Waals surface area contributed by atoms with Crippen molar-refractivity contribution in [3.8, 4) is 0 Å². The molecule has 2 aromatic heterocycles. The van der Waals surface area contributed by atoms with Gasteiger partial charge in [0.05, 0.1) is 17.6 Å². The number of aromatic nitrogens is 3. The fourth-order valence-electron chi connectivity index (χ4n) is 3.61. The van der Waals surface area contributed by atoms with E-state index in [1.165, 1.54) is 6.92 Å². The van der Waals surface area contributed by atoms with Crippen molar-refractivity contribution >= 4 is 34.6 Å². The van der Waals surface area contributed by atoms with Crippen LogP contribution in [0.2, 0.25) is 5.02 Å². The molecule has 1 fully saturated rings. The number of alkyl halides is 3. The van der Waals surface area contributed by atoms with Crippen LogP contribution in [0.25, 0.3) is 11.2 Å². The lowest BCUT2D eigenvalue weighted by atomic mass is 9.92. The van der Waals surface area contributed by atoms with Gasteiger partial charge in [-0.15, -0.1) is 0 Å². The third-order valence-corrected chi connectivity index (χ3v) is 5.77. The highest BCUT2D eigenvalue weighted by Gasteiger charge is 2.34. The van der Waals surface area contributed by atoms with Crippen molar-refractivity contribution in [1.82, 2.24) is 14.5 Å². The number of imidazole rings is 1. The zero-order valence-corrected chi connectivity index (χ0v) is 17.3. The van der Waals surface area contributed by atoms with Crippen molar-refractivity contribution in [2.75, 3.05) is 5.32 Å². The molecule has 164 valence electrons. The Kier molecular flexibility index (Phi) is 5.43.